The zero-order chi connectivity index (χ0) is 15.0. The van der Waals surface area contributed by atoms with Gasteiger partial charge in [0, 0.05) is 18.8 Å². The van der Waals surface area contributed by atoms with Crippen molar-refractivity contribution in [3.63, 3.8) is 0 Å². The average Bonchev–Trinajstić information content (AvgIpc) is 2.61. The lowest BCUT2D eigenvalue weighted by molar-refractivity contribution is 0.578. The van der Waals surface area contributed by atoms with Crippen molar-refractivity contribution in [1.82, 2.24) is 5.43 Å². The molecule has 0 saturated carbocycles. The summed E-state index contributed by atoms with van der Waals surface area (Å²) in [6.45, 7) is 3.13. The molecule has 114 valence electrons. The van der Waals surface area contributed by atoms with Crippen LogP contribution in [-0.4, -0.2) is 19.3 Å². The molecule has 3 rings (SSSR count). The molecule has 0 radical (unpaired) electrons. The number of hydrogen-bond acceptors (Lipinski definition) is 3. The van der Waals surface area contributed by atoms with Gasteiger partial charge in [0.05, 0.1) is 12.8 Å². The molecule has 3 heteroatoms. The van der Waals surface area contributed by atoms with E-state index < -0.39 is 0 Å². The predicted octanol–water partition coefficient (Wildman–Crippen LogP) is 3.80. The molecule has 0 amide bonds. The van der Waals surface area contributed by atoms with Gasteiger partial charge in [0.2, 0.25) is 0 Å². The Morgan fingerprint density at radius 2 is 1.64 bits per heavy atom. The van der Waals surface area contributed by atoms with Crippen LogP contribution in [0.1, 0.15) is 30.4 Å². The van der Waals surface area contributed by atoms with Crippen molar-refractivity contribution >= 4 is 11.9 Å². The van der Waals surface area contributed by atoms with Gasteiger partial charge in [-0.05, 0) is 42.5 Å². The quantitative estimate of drug-likeness (QED) is 0.671. The number of nitrogens with zero attached hydrogens (tertiary/aromatic N) is 2. The highest BCUT2D eigenvalue weighted by atomic mass is 15.3. The molecule has 2 aromatic carbocycles. The Labute approximate surface area is 132 Å². The lowest BCUT2D eigenvalue weighted by atomic mass is 10.1. The van der Waals surface area contributed by atoms with Crippen LogP contribution in [0, 0.1) is 0 Å². The molecule has 0 aromatic heterocycles. The Morgan fingerprint density at radius 1 is 0.909 bits per heavy atom. The Kier molecular flexibility index (Phi) is 5.09. The molecule has 22 heavy (non-hydrogen) atoms. The summed E-state index contributed by atoms with van der Waals surface area (Å²) < 4.78 is 0. The van der Waals surface area contributed by atoms with Crippen LogP contribution in [0.3, 0.4) is 0 Å². The van der Waals surface area contributed by atoms with Gasteiger partial charge in [0.15, 0.2) is 0 Å². The van der Waals surface area contributed by atoms with Gasteiger partial charge in [-0.3, -0.25) is 0 Å². The highest BCUT2D eigenvalue weighted by molar-refractivity contribution is 5.80. The van der Waals surface area contributed by atoms with E-state index in [1.807, 2.05) is 24.4 Å². The Bertz CT molecular complexity index is 584. The Hall–Kier alpha value is -2.29. The van der Waals surface area contributed by atoms with E-state index in [-0.39, 0.29) is 0 Å². The van der Waals surface area contributed by atoms with Crippen LogP contribution >= 0.6 is 0 Å². The van der Waals surface area contributed by atoms with Crippen molar-refractivity contribution in [3.05, 3.63) is 65.7 Å². The second kappa shape index (κ2) is 7.64. The number of rotatable bonds is 5. The number of hydrogen-bond donors (Lipinski definition) is 1. The molecule has 0 atom stereocenters. The van der Waals surface area contributed by atoms with Crippen LogP contribution in [0.5, 0.6) is 0 Å². The normalized spacial score (nSPS) is 15.2. The third-order valence-corrected chi connectivity index (χ3v) is 4.05. The number of benzene rings is 2. The van der Waals surface area contributed by atoms with Crippen molar-refractivity contribution in [3.8, 4) is 0 Å². The fourth-order valence-corrected chi connectivity index (χ4v) is 2.78. The first kappa shape index (κ1) is 14.6. The Morgan fingerprint density at radius 3 is 2.36 bits per heavy atom. The molecular weight excluding hydrogens is 270 g/mol. The van der Waals surface area contributed by atoms with Crippen molar-refractivity contribution in [2.75, 3.05) is 18.0 Å². The van der Waals surface area contributed by atoms with E-state index in [4.69, 9.17) is 0 Å². The maximum atomic E-state index is 4.29. The number of hydrazone groups is 1. The fraction of sp³-hybridized carbons (Fsp3) is 0.316. The third-order valence-electron chi connectivity index (χ3n) is 4.05. The second-order valence-electron chi connectivity index (χ2n) is 5.72. The number of piperidine rings is 1. The summed E-state index contributed by atoms with van der Waals surface area (Å²) >= 11 is 0. The minimum Gasteiger partial charge on any atom is -0.372 e. The zero-order valence-corrected chi connectivity index (χ0v) is 12.9. The molecule has 1 saturated heterocycles. The van der Waals surface area contributed by atoms with Gasteiger partial charge >= 0.3 is 0 Å². The second-order valence-corrected chi connectivity index (χ2v) is 5.72. The summed E-state index contributed by atoms with van der Waals surface area (Å²) in [6.07, 6.45) is 5.87. The minimum absolute atomic E-state index is 0.753. The van der Waals surface area contributed by atoms with Gasteiger partial charge in [-0.25, -0.2) is 0 Å². The van der Waals surface area contributed by atoms with Gasteiger partial charge < -0.3 is 10.3 Å². The molecular formula is C19H23N3. The lowest BCUT2D eigenvalue weighted by Crippen LogP contribution is -2.29. The maximum Gasteiger partial charge on any atom is 0.0580 e. The molecule has 1 heterocycles. The molecule has 0 aliphatic carbocycles. The van der Waals surface area contributed by atoms with Gasteiger partial charge in [0.25, 0.3) is 0 Å². The van der Waals surface area contributed by atoms with Crippen LogP contribution in [0.25, 0.3) is 0 Å². The number of anilines is 1. The van der Waals surface area contributed by atoms with Crippen molar-refractivity contribution in [2.45, 2.75) is 25.8 Å². The van der Waals surface area contributed by atoms with Crippen molar-refractivity contribution in [1.29, 1.82) is 0 Å². The molecule has 1 N–H and O–H groups in total. The molecule has 3 nitrogen and oxygen atoms in total. The van der Waals surface area contributed by atoms with Crippen molar-refractivity contribution < 1.29 is 0 Å². The number of nitrogens with one attached hydrogen (secondary N) is 1. The van der Waals surface area contributed by atoms with E-state index in [0.717, 1.165) is 12.1 Å². The van der Waals surface area contributed by atoms with E-state index in [2.05, 4.69) is 51.8 Å². The molecule has 1 fully saturated rings. The monoisotopic (exact) mass is 293 g/mol. The SMILES string of the molecule is C(=NNCc1ccccc1)c1ccc(N2CCCCC2)cc1. The molecule has 1 aliphatic rings. The highest BCUT2D eigenvalue weighted by Crippen LogP contribution is 2.19. The lowest BCUT2D eigenvalue weighted by Gasteiger charge is -2.28. The summed E-state index contributed by atoms with van der Waals surface area (Å²) in [6, 6.07) is 19.0. The van der Waals surface area contributed by atoms with Crippen LogP contribution in [0.15, 0.2) is 59.7 Å². The predicted molar refractivity (Wildman–Crippen MR) is 93.4 cm³/mol. The van der Waals surface area contributed by atoms with E-state index in [1.54, 1.807) is 0 Å². The summed E-state index contributed by atoms with van der Waals surface area (Å²) in [7, 11) is 0. The third kappa shape index (κ3) is 4.10. The first-order valence-corrected chi connectivity index (χ1v) is 8.07. The van der Waals surface area contributed by atoms with Crippen LogP contribution in [0.2, 0.25) is 0 Å². The summed E-state index contributed by atoms with van der Waals surface area (Å²) in [4.78, 5) is 2.47. The maximum absolute atomic E-state index is 4.29. The van der Waals surface area contributed by atoms with Crippen LogP contribution in [0.4, 0.5) is 5.69 Å². The van der Waals surface area contributed by atoms with Crippen LogP contribution < -0.4 is 10.3 Å². The first-order valence-electron chi connectivity index (χ1n) is 8.07. The smallest absolute Gasteiger partial charge is 0.0580 e. The average molecular weight is 293 g/mol. The van der Waals surface area contributed by atoms with E-state index in [9.17, 15) is 0 Å². The molecule has 2 aromatic rings. The zero-order valence-electron chi connectivity index (χ0n) is 12.9. The van der Waals surface area contributed by atoms with Crippen LogP contribution in [-0.2, 0) is 6.54 Å². The minimum atomic E-state index is 0.753. The van der Waals surface area contributed by atoms with Gasteiger partial charge in [-0.2, -0.15) is 5.10 Å². The largest absolute Gasteiger partial charge is 0.372 e. The van der Waals surface area contributed by atoms with Gasteiger partial charge in [-0.1, -0.05) is 42.5 Å². The fourth-order valence-electron chi connectivity index (χ4n) is 2.78. The summed E-state index contributed by atoms with van der Waals surface area (Å²) in [5.41, 5.74) is 6.78. The summed E-state index contributed by atoms with van der Waals surface area (Å²) in [5, 5.41) is 4.29. The highest BCUT2D eigenvalue weighted by Gasteiger charge is 2.09. The summed E-state index contributed by atoms with van der Waals surface area (Å²) in [5.74, 6) is 0. The van der Waals surface area contributed by atoms with Gasteiger partial charge in [-0.15, -0.1) is 0 Å². The van der Waals surface area contributed by atoms with Gasteiger partial charge in [0.1, 0.15) is 0 Å². The topological polar surface area (TPSA) is 27.6 Å². The first-order chi connectivity index (χ1) is 10.9. The van der Waals surface area contributed by atoms with E-state index in [1.165, 1.54) is 43.6 Å². The molecule has 0 spiro atoms. The molecule has 0 bridgehead atoms. The molecule has 0 unspecified atom stereocenters. The van der Waals surface area contributed by atoms with Crippen molar-refractivity contribution in [2.24, 2.45) is 5.10 Å². The standard InChI is InChI=1S/C19H23N3/c1-3-7-17(8-4-1)15-20-21-16-18-9-11-19(12-10-18)22-13-5-2-6-14-22/h1,3-4,7-12,16,20H,2,5-6,13-15H2. The van der Waals surface area contributed by atoms with E-state index in [0.29, 0.717) is 0 Å². The van der Waals surface area contributed by atoms with E-state index >= 15 is 0 Å². The molecule has 1 aliphatic heterocycles. The Balaban J connectivity index is 1.51.